The Balaban J connectivity index is 1.63. The lowest BCUT2D eigenvalue weighted by atomic mass is 9.60. The fourth-order valence-corrected chi connectivity index (χ4v) is 7.12. The van der Waals surface area contributed by atoms with Gasteiger partial charge in [0.25, 0.3) is 5.56 Å². The van der Waals surface area contributed by atoms with E-state index in [1.807, 2.05) is 0 Å². The van der Waals surface area contributed by atoms with Crippen molar-refractivity contribution in [3.63, 3.8) is 0 Å². The van der Waals surface area contributed by atoms with Gasteiger partial charge in [-0.1, -0.05) is 20.8 Å². The highest BCUT2D eigenvalue weighted by Crippen LogP contribution is 2.72. The predicted molar refractivity (Wildman–Crippen MR) is 100 cm³/mol. The molecule has 2 aromatic rings. The van der Waals surface area contributed by atoms with Crippen LogP contribution in [0.25, 0.3) is 11.2 Å². The van der Waals surface area contributed by atoms with Gasteiger partial charge < -0.3 is 4.98 Å². The summed E-state index contributed by atoms with van der Waals surface area (Å²) in [6.07, 6.45) is 5.33. The minimum Gasteiger partial charge on any atom is -0.311 e. The van der Waals surface area contributed by atoms with Crippen molar-refractivity contribution >= 4 is 16.9 Å². The smallest absolute Gasteiger partial charge is 0.311 e. The molecule has 7 nitrogen and oxygen atoms in total. The number of H-pyrrole nitrogens is 2. The number of aromatic amines is 2. The first-order valence-corrected chi connectivity index (χ1v) is 9.94. The lowest BCUT2D eigenvalue weighted by Crippen LogP contribution is -2.42. The summed E-state index contributed by atoms with van der Waals surface area (Å²) in [5.74, 6) is 1.57. The average molecular weight is 370 g/mol. The molecule has 3 aliphatic carbocycles. The van der Waals surface area contributed by atoms with Crippen LogP contribution < -0.4 is 11.2 Å². The highest BCUT2D eigenvalue weighted by molar-refractivity contribution is 5.85. The second-order valence-electron chi connectivity index (χ2n) is 9.66. The summed E-state index contributed by atoms with van der Waals surface area (Å²) in [6, 6.07) is 0. The zero-order valence-corrected chi connectivity index (χ0v) is 16.0. The number of aromatic nitrogens is 4. The van der Waals surface area contributed by atoms with Crippen molar-refractivity contribution < 1.29 is 4.79 Å². The van der Waals surface area contributed by atoms with E-state index in [1.165, 1.54) is 17.3 Å². The number of hydrogen-bond donors (Lipinski definition) is 2. The normalized spacial score (nSPS) is 37.1. The highest BCUT2D eigenvalue weighted by Gasteiger charge is 2.68. The number of fused-ring (bicyclic) bond motifs is 1. The van der Waals surface area contributed by atoms with Crippen molar-refractivity contribution in [2.45, 2.75) is 53.0 Å². The van der Waals surface area contributed by atoms with E-state index in [0.717, 1.165) is 12.8 Å². The lowest BCUT2D eigenvalue weighted by Gasteiger charge is -2.44. The summed E-state index contributed by atoms with van der Waals surface area (Å²) >= 11 is 0. The third-order valence-corrected chi connectivity index (χ3v) is 8.16. The van der Waals surface area contributed by atoms with Gasteiger partial charge in [0.2, 0.25) is 0 Å². The second kappa shape index (κ2) is 5.20. The van der Waals surface area contributed by atoms with E-state index in [9.17, 15) is 14.4 Å². The first-order chi connectivity index (χ1) is 12.8. The van der Waals surface area contributed by atoms with E-state index in [0.29, 0.717) is 36.4 Å². The fourth-order valence-electron chi connectivity index (χ4n) is 7.12. The standard InChI is InChI=1S/C20H26N4O3/c1-10-4-5-11-12-6-14(25)13(20(10,12)8-19(11,2)3)7-24-16-15(23-18(24)27)17(26)22-9-21-16/h9-13H,4-8H2,1-3H3,(H,23,27)(H,21,22,26)/t10-,11-,12-,13-,20-/m0/s1. The van der Waals surface area contributed by atoms with Gasteiger partial charge in [-0.2, -0.15) is 0 Å². The molecule has 2 N–H and O–H groups in total. The number of nitrogens with zero attached hydrogens (tertiary/aromatic N) is 2. The molecule has 0 unspecified atom stereocenters. The van der Waals surface area contributed by atoms with Crippen molar-refractivity contribution in [1.29, 1.82) is 0 Å². The molecule has 0 amide bonds. The maximum Gasteiger partial charge on any atom is 0.327 e. The number of carbonyl (C=O) groups excluding carboxylic acids is 1. The summed E-state index contributed by atoms with van der Waals surface area (Å²) < 4.78 is 1.51. The van der Waals surface area contributed by atoms with Crippen molar-refractivity contribution in [2.75, 3.05) is 0 Å². The topological polar surface area (TPSA) is 101 Å². The number of Topliss-reactive ketones (excluding diaryl/α,β-unsaturated/α-hetero) is 1. The molecular weight excluding hydrogens is 344 g/mol. The minimum absolute atomic E-state index is 0.0340. The molecule has 0 aliphatic heterocycles. The number of nitrogens with one attached hydrogen (secondary N) is 2. The zero-order valence-electron chi connectivity index (χ0n) is 16.0. The Morgan fingerprint density at radius 1 is 1.22 bits per heavy atom. The first kappa shape index (κ1) is 17.0. The fraction of sp³-hybridized carbons (Fsp3) is 0.700. The van der Waals surface area contributed by atoms with Gasteiger partial charge in [-0.15, -0.1) is 0 Å². The first-order valence-electron chi connectivity index (χ1n) is 9.94. The zero-order chi connectivity index (χ0) is 19.1. The molecule has 2 heterocycles. The van der Waals surface area contributed by atoms with E-state index in [4.69, 9.17) is 0 Å². The number of carbonyl (C=O) groups is 1. The van der Waals surface area contributed by atoms with Gasteiger partial charge in [0.05, 0.1) is 6.33 Å². The van der Waals surface area contributed by atoms with Crippen LogP contribution in [0.15, 0.2) is 15.9 Å². The SMILES string of the molecule is C[C@H]1CC[C@H]2[C@@H]3CC(=O)[C@H](Cn4c(=O)[nH]c5c(=O)[nH]cnc54)[C@@]13CC2(C)C. The van der Waals surface area contributed by atoms with Crippen LogP contribution in [0.5, 0.6) is 0 Å². The predicted octanol–water partition coefficient (Wildman–Crippen LogP) is 2.08. The molecule has 0 aromatic carbocycles. The molecule has 3 saturated carbocycles. The van der Waals surface area contributed by atoms with Crippen LogP contribution >= 0.6 is 0 Å². The summed E-state index contributed by atoms with van der Waals surface area (Å²) in [5.41, 5.74) is -0.00304. The summed E-state index contributed by atoms with van der Waals surface area (Å²) in [7, 11) is 0. The molecule has 0 radical (unpaired) electrons. The molecule has 7 heteroatoms. The third kappa shape index (κ3) is 2.03. The van der Waals surface area contributed by atoms with Gasteiger partial charge in [0.15, 0.2) is 11.2 Å². The van der Waals surface area contributed by atoms with Crippen LogP contribution in [0.4, 0.5) is 0 Å². The Morgan fingerprint density at radius 2 is 2.00 bits per heavy atom. The molecular formula is C20H26N4O3. The molecule has 27 heavy (non-hydrogen) atoms. The van der Waals surface area contributed by atoms with Gasteiger partial charge in [-0.25, -0.2) is 9.78 Å². The quantitative estimate of drug-likeness (QED) is 0.845. The van der Waals surface area contributed by atoms with E-state index in [-0.39, 0.29) is 39.3 Å². The molecule has 2 aromatic heterocycles. The number of imidazole rings is 1. The maximum atomic E-state index is 13.1. The second-order valence-corrected chi connectivity index (χ2v) is 9.66. The maximum absolute atomic E-state index is 13.1. The van der Waals surface area contributed by atoms with E-state index in [2.05, 4.69) is 35.7 Å². The summed E-state index contributed by atoms with van der Waals surface area (Å²) in [4.78, 5) is 47.0. The Labute approximate surface area is 156 Å². The summed E-state index contributed by atoms with van der Waals surface area (Å²) in [5, 5.41) is 0. The Hall–Kier alpha value is -2.18. The summed E-state index contributed by atoms with van der Waals surface area (Å²) in [6.45, 7) is 7.29. The van der Waals surface area contributed by atoms with E-state index < -0.39 is 0 Å². The van der Waals surface area contributed by atoms with Gasteiger partial charge in [-0.05, 0) is 47.8 Å². The molecule has 2 bridgehead atoms. The molecule has 5 atom stereocenters. The van der Waals surface area contributed by atoms with Gasteiger partial charge in [0, 0.05) is 18.9 Å². The van der Waals surface area contributed by atoms with Crippen LogP contribution in [0, 0.1) is 34.5 Å². The monoisotopic (exact) mass is 370 g/mol. The molecule has 3 aliphatic rings. The third-order valence-electron chi connectivity index (χ3n) is 8.16. The highest BCUT2D eigenvalue weighted by atomic mass is 16.2. The van der Waals surface area contributed by atoms with Crippen molar-refractivity contribution in [2.24, 2.45) is 34.5 Å². The molecule has 5 rings (SSSR count). The van der Waals surface area contributed by atoms with Crippen LogP contribution in [0.3, 0.4) is 0 Å². The van der Waals surface area contributed by atoms with Crippen LogP contribution in [-0.2, 0) is 11.3 Å². The van der Waals surface area contributed by atoms with Crippen LogP contribution in [-0.4, -0.2) is 25.3 Å². The van der Waals surface area contributed by atoms with Crippen molar-refractivity contribution in [1.82, 2.24) is 19.5 Å². The van der Waals surface area contributed by atoms with Crippen LogP contribution in [0.1, 0.15) is 46.5 Å². The van der Waals surface area contributed by atoms with Gasteiger partial charge in [-0.3, -0.25) is 19.1 Å². The number of ketones is 1. The number of hydrogen-bond acceptors (Lipinski definition) is 4. The largest absolute Gasteiger partial charge is 0.327 e. The molecule has 3 fully saturated rings. The van der Waals surface area contributed by atoms with E-state index in [1.54, 1.807) is 0 Å². The van der Waals surface area contributed by atoms with Crippen molar-refractivity contribution in [3.8, 4) is 0 Å². The van der Waals surface area contributed by atoms with Crippen LogP contribution in [0.2, 0.25) is 0 Å². The molecule has 144 valence electrons. The lowest BCUT2D eigenvalue weighted by molar-refractivity contribution is -0.124. The molecule has 0 spiro atoms. The van der Waals surface area contributed by atoms with Gasteiger partial charge >= 0.3 is 5.69 Å². The minimum atomic E-state index is -0.363. The molecule has 0 saturated heterocycles. The average Bonchev–Trinajstić information content (AvgIpc) is 3.11. The van der Waals surface area contributed by atoms with Crippen molar-refractivity contribution in [3.05, 3.63) is 27.2 Å². The Morgan fingerprint density at radius 3 is 2.78 bits per heavy atom. The van der Waals surface area contributed by atoms with Gasteiger partial charge in [0.1, 0.15) is 5.78 Å². The Kier molecular flexibility index (Phi) is 3.27. The Bertz CT molecular complexity index is 1060. The number of rotatable bonds is 2. The van der Waals surface area contributed by atoms with E-state index >= 15 is 0 Å².